The first-order chi connectivity index (χ1) is 11.4. The number of nitrogens with zero attached hydrogens (tertiary/aromatic N) is 3. The summed E-state index contributed by atoms with van der Waals surface area (Å²) in [5, 5.41) is 12.2. The molecule has 2 saturated heterocycles. The molecule has 0 spiro atoms. The third-order valence-electron chi connectivity index (χ3n) is 4.66. The Kier molecular flexibility index (Phi) is 6.05. The molecule has 6 heteroatoms. The van der Waals surface area contributed by atoms with Gasteiger partial charge in [0.2, 0.25) is 5.95 Å². The van der Waals surface area contributed by atoms with E-state index in [4.69, 9.17) is 14.8 Å². The van der Waals surface area contributed by atoms with Crippen molar-refractivity contribution in [2.24, 2.45) is 0 Å². The summed E-state index contributed by atoms with van der Waals surface area (Å²) in [7, 11) is 0. The minimum atomic E-state index is 0.0825. The Morgan fingerprint density at radius 1 is 1.17 bits per heavy atom. The molecule has 3 heterocycles. The molecule has 128 valence electrons. The topological polar surface area (TPSA) is 70.5 Å². The van der Waals surface area contributed by atoms with E-state index in [2.05, 4.69) is 21.3 Å². The van der Waals surface area contributed by atoms with Gasteiger partial charge in [-0.1, -0.05) is 19.3 Å². The molecule has 0 amide bonds. The summed E-state index contributed by atoms with van der Waals surface area (Å²) >= 11 is 0. The molecule has 2 fully saturated rings. The van der Waals surface area contributed by atoms with Crippen LogP contribution in [-0.4, -0.2) is 54.5 Å². The van der Waals surface area contributed by atoms with Crippen molar-refractivity contribution in [1.29, 1.82) is 0 Å². The number of rotatable bonds is 5. The number of hydrogen-bond acceptors (Lipinski definition) is 6. The van der Waals surface area contributed by atoms with E-state index in [0.29, 0.717) is 18.4 Å². The standard InChI is InChI=1S/C17H28N4O2/c22-10-7-18-17-19-15(14-6-11-23-13-14)12-16(20-17)21-8-4-2-1-3-5-9-21/h12,14,22H,1-11,13H2,(H,18,19,20)/t14-/m0/s1. The molecule has 2 N–H and O–H groups in total. The summed E-state index contributed by atoms with van der Waals surface area (Å²) in [6.07, 6.45) is 7.44. The van der Waals surface area contributed by atoms with Crippen molar-refractivity contribution in [3.63, 3.8) is 0 Å². The monoisotopic (exact) mass is 320 g/mol. The maximum Gasteiger partial charge on any atom is 0.224 e. The molecule has 6 nitrogen and oxygen atoms in total. The van der Waals surface area contributed by atoms with E-state index in [0.717, 1.165) is 44.2 Å². The number of aromatic nitrogens is 2. The lowest BCUT2D eigenvalue weighted by Crippen LogP contribution is -2.28. The van der Waals surface area contributed by atoms with Gasteiger partial charge in [0.25, 0.3) is 0 Å². The molecule has 0 radical (unpaired) electrons. The van der Waals surface area contributed by atoms with Crippen molar-refractivity contribution in [3.8, 4) is 0 Å². The fraction of sp³-hybridized carbons (Fsp3) is 0.765. The van der Waals surface area contributed by atoms with E-state index in [1.165, 1.54) is 32.1 Å². The summed E-state index contributed by atoms with van der Waals surface area (Å²) in [6.45, 7) is 4.25. The highest BCUT2D eigenvalue weighted by Crippen LogP contribution is 2.28. The highest BCUT2D eigenvalue weighted by molar-refractivity contribution is 5.46. The second-order valence-corrected chi connectivity index (χ2v) is 6.44. The molecular weight excluding hydrogens is 292 g/mol. The Bertz CT molecular complexity index is 483. The normalized spacial score (nSPS) is 22.7. The number of nitrogens with one attached hydrogen (secondary N) is 1. The summed E-state index contributed by atoms with van der Waals surface area (Å²) in [5.74, 6) is 2.01. The van der Waals surface area contributed by atoms with Gasteiger partial charge in [0.05, 0.1) is 18.9 Å². The van der Waals surface area contributed by atoms with E-state index in [1.54, 1.807) is 0 Å². The van der Waals surface area contributed by atoms with Gasteiger partial charge in [-0.25, -0.2) is 4.98 Å². The number of anilines is 2. The lowest BCUT2D eigenvalue weighted by Gasteiger charge is -2.27. The van der Waals surface area contributed by atoms with Crippen molar-refractivity contribution in [3.05, 3.63) is 11.8 Å². The zero-order chi connectivity index (χ0) is 15.9. The Morgan fingerprint density at radius 2 is 1.96 bits per heavy atom. The molecule has 2 aliphatic heterocycles. The maximum absolute atomic E-state index is 9.05. The second kappa shape index (κ2) is 8.45. The van der Waals surface area contributed by atoms with Crippen molar-refractivity contribution in [2.45, 2.75) is 44.4 Å². The largest absolute Gasteiger partial charge is 0.395 e. The van der Waals surface area contributed by atoms with Gasteiger partial charge < -0.3 is 20.1 Å². The third kappa shape index (κ3) is 4.54. The van der Waals surface area contributed by atoms with Crippen LogP contribution in [0.2, 0.25) is 0 Å². The van der Waals surface area contributed by atoms with Gasteiger partial charge in [-0.3, -0.25) is 0 Å². The summed E-state index contributed by atoms with van der Waals surface area (Å²) in [5.41, 5.74) is 1.06. The predicted molar refractivity (Wildman–Crippen MR) is 91.1 cm³/mol. The Hall–Kier alpha value is -1.40. The van der Waals surface area contributed by atoms with Crippen LogP contribution < -0.4 is 10.2 Å². The number of aliphatic hydroxyl groups excluding tert-OH is 1. The molecule has 0 unspecified atom stereocenters. The van der Waals surface area contributed by atoms with Crippen LogP contribution in [0.3, 0.4) is 0 Å². The van der Waals surface area contributed by atoms with E-state index < -0.39 is 0 Å². The third-order valence-corrected chi connectivity index (χ3v) is 4.66. The van der Waals surface area contributed by atoms with Crippen LogP contribution in [0.4, 0.5) is 11.8 Å². The average Bonchev–Trinajstić information content (AvgIpc) is 3.07. The highest BCUT2D eigenvalue weighted by atomic mass is 16.5. The van der Waals surface area contributed by atoms with Gasteiger partial charge in [0, 0.05) is 38.2 Å². The number of hydrogen-bond donors (Lipinski definition) is 2. The van der Waals surface area contributed by atoms with E-state index in [1.807, 2.05) is 0 Å². The van der Waals surface area contributed by atoms with Crippen LogP contribution in [-0.2, 0) is 4.74 Å². The molecule has 2 aliphatic rings. The van der Waals surface area contributed by atoms with Gasteiger partial charge in [-0.15, -0.1) is 0 Å². The van der Waals surface area contributed by atoms with Crippen molar-refractivity contribution < 1.29 is 9.84 Å². The molecule has 0 bridgehead atoms. The second-order valence-electron chi connectivity index (χ2n) is 6.44. The van der Waals surface area contributed by atoms with Crippen LogP contribution in [0.1, 0.15) is 50.1 Å². The molecule has 1 aromatic heterocycles. The lowest BCUT2D eigenvalue weighted by atomic mass is 10.0. The smallest absolute Gasteiger partial charge is 0.224 e. The van der Waals surface area contributed by atoms with Gasteiger partial charge in [0.1, 0.15) is 5.82 Å². The minimum absolute atomic E-state index is 0.0825. The van der Waals surface area contributed by atoms with Crippen molar-refractivity contribution in [1.82, 2.24) is 9.97 Å². The quantitative estimate of drug-likeness (QED) is 0.866. The minimum Gasteiger partial charge on any atom is -0.395 e. The number of ether oxygens (including phenoxy) is 1. The van der Waals surface area contributed by atoms with E-state index >= 15 is 0 Å². The molecule has 3 rings (SSSR count). The van der Waals surface area contributed by atoms with Crippen molar-refractivity contribution in [2.75, 3.05) is 49.7 Å². The Balaban J connectivity index is 1.82. The molecule has 23 heavy (non-hydrogen) atoms. The Labute approximate surface area is 138 Å². The highest BCUT2D eigenvalue weighted by Gasteiger charge is 2.22. The van der Waals surface area contributed by atoms with E-state index in [9.17, 15) is 0 Å². The van der Waals surface area contributed by atoms with Gasteiger partial charge in [0.15, 0.2) is 0 Å². The van der Waals surface area contributed by atoms with Crippen LogP contribution in [0.25, 0.3) is 0 Å². The summed E-state index contributed by atoms with van der Waals surface area (Å²) < 4.78 is 5.52. The van der Waals surface area contributed by atoms with Crippen LogP contribution >= 0.6 is 0 Å². The van der Waals surface area contributed by atoms with Gasteiger partial charge >= 0.3 is 0 Å². The fourth-order valence-corrected chi connectivity index (χ4v) is 3.31. The van der Waals surface area contributed by atoms with Gasteiger partial charge in [-0.2, -0.15) is 4.98 Å². The van der Waals surface area contributed by atoms with Crippen LogP contribution in [0.5, 0.6) is 0 Å². The fourth-order valence-electron chi connectivity index (χ4n) is 3.31. The zero-order valence-corrected chi connectivity index (χ0v) is 13.8. The lowest BCUT2D eigenvalue weighted by molar-refractivity contribution is 0.193. The summed E-state index contributed by atoms with van der Waals surface area (Å²) in [6, 6.07) is 2.14. The molecule has 1 atom stereocenters. The Morgan fingerprint density at radius 3 is 2.65 bits per heavy atom. The van der Waals surface area contributed by atoms with Crippen LogP contribution in [0.15, 0.2) is 6.07 Å². The SMILES string of the molecule is OCCNc1nc([C@H]2CCOC2)cc(N2CCCCCCC2)n1. The molecule has 0 aliphatic carbocycles. The number of aliphatic hydroxyl groups is 1. The first-order valence-corrected chi connectivity index (χ1v) is 8.93. The first kappa shape index (κ1) is 16.5. The molecule has 0 saturated carbocycles. The van der Waals surface area contributed by atoms with E-state index in [-0.39, 0.29) is 6.61 Å². The molecule has 1 aromatic rings. The maximum atomic E-state index is 9.05. The van der Waals surface area contributed by atoms with Crippen molar-refractivity contribution >= 4 is 11.8 Å². The van der Waals surface area contributed by atoms with Gasteiger partial charge in [-0.05, 0) is 19.3 Å². The van der Waals surface area contributed by atoms with Crippen LogP contribution in [0, 0.1) is 0 Å². The molecular formula is C17H28N4O2. The summed E-state index contributed by atoms with van der Waals surface area (Å²) in [4.78, 5) is 11.7. The average molecular weight is 320 g/mol. The predicted octanol–water partition coefficient (Wildman–Crippen LogP) is 2.16. The first-order valence-electron chi connectivity index (χ1n) is 8.93. The zero-order valence-electron chi connectivity index (χ0n) is 13.8. The molecule has 0 aromatic carbocycles.